The van der Waals surface area contributed by atoms with Crippen LogP contribution in [0.25, 0.3) is 0 Å². The van der Waals surface area contributed by atoms with Crippen molar-refractivity contribution in [3.63, 3.8) is 0 Å². The molecule has 132 valence electrons. The van der Waals surface area contributed by atoms with Gasteiger partial charge in [-0.05, 0) is 39.6 Å². The number of aliphatic hydroxyl groups excluding tert-OH is 1. The molecule has 6 nitrogen and oxygen atoms in total. The molecule has 0 unspecified atom stereocenters. The lowest BCUT2D eigenvalue weighted by Crippen LogP contribution is -2.39. The lowest BCUT2D eigenvalue weighted by molar-refractivity contribution is -0.114. The van der Waals surface area contributed by atoms with Gasteiger partial charge in [0.2, 0.25) is 0 Å². The fourth-order valence-electron chi connectivity index (χ4n) is 2.30. The summed E-state index contributed by atoms with van der Waals surface area (Å²) in [5.74, 6) is 0.0346. The minimum atomic E-state index is -0.395. The number of benzene rings is 1. The van der Waals surface area contributed by atoms with Crippen LogP contribution in [0.5, 0.6) is 5.75 Å². The van der Waals surface area contributed by atoms with E-state index >= 15 is 0 Å². The normalized spacial score (nSPS) is 11.9. The van der Waals surface area contributed by atoms with E-state index in [0.29, 0.717) is 30.9 Å². The summed E-state index contributed by atoms with van der Waals surface area (Å²) in [7, 11) is 5.40. The first-order valence-electron chi connectivity index (χ1n) is 7.90. The molecule has 0 radical (unpaired) electrons. The Hall–Kier alpha value is -2.34. The van der Waals surface area contributed by atoms with E-state index in [2.05, 4.69) is 0 Å². The number of para-hydroxylation sites is 2. The van der Waals surface area contributed by atoms with Crippen LogP contribution in [0.2, 0.25) is 0 Å². The molecule has 1 aromatic carbocycles. The Bertz CT molecular complexity index is 620. The Kier molecular flexibility index (Phi) is 7.45. The number of anilines is 1. The van der Waals surface area contributed by atoms with E-state index in [-0.39, 0.29) is 17.0 Å². The average Bonchev–Trinajstić information content (AvgIpc) is 2.54. The van der Waals surface area contributed by atoms with Crippen molar-refractivity contribution in [1.29, 1.82) is 5.41 Å². The van der Waals surface area contributed by atoms with Gasteiger partial charge in [0, 0.05) is 18.8 Å². The molecule has 1 amide bonds. The molecule has 2 N–H and O–H groups in total. The van der Waals surface area contributed by atoms with Crippen LogP contribution in [-0.2, 0) is 4.79 Å². The van der Waals surface area contributed by atoms with Gasteiger partial charge in [-0.3, -0.25) is 4.79 Å². The van der Waals surface area contributed by atoms with Gasteiger partial charge in [0.25, 0.3) is 5.91 Å². The third kappa shape index (κ3) is 4.83. The molecule has 0 saturated carbocycles. The minimum absolute atomic E-state index is 0.0437. The van der Waals surface area contributed by atoms with Gasteiger partial charge in [-0.1, -0.05) is 19.1 Å². The first kappa shape index (κ1) is 19.7. The fraction of sp³-hybridized carbons (Fsp3) is 0.444. The molecule has 0 aliphatic rings. The number of carbonyl (C=O) groups is 1. The van der Waals surface area contributed by atoms with Crippen molar-refractivity contribution in [3.05, 3.63) is 35.6 Å². The summed E-state index contributed by atoms with van der Waals surface area (Å²) in [6.07, 6.45) is 0.367. The Morgan fingerprint density at radius 3 is 2.38 bits per heavy atom. The summed E-state index contributed by atoms with van der Waals surface area (Å²) >= 11 is 0. The van der Waals surface area contributed by atoms with E-state index in [9.17, 15) is 9.90 Å². The summed E-state index contributed by atoms with van der Waals surface area (Å²) < 4.78 is 5.37. The van der Waals surface area contributed by atoms with Crippen molar-refractivity contribution in [2.24, 2.45) is 0 Å². The van der Waals surface area contributed by atoms with Crippen molar-refractivity contribution in [1.82, 2.24) is 4.90 Å². The second-order valence-corrected chi connectivity index (χ2v) is 5.72. The maximum absolute atomic E-state index is 13.1. The van der Waals surface area contributed by atoms with E-state index in [0.717, 1.165) is 0 Å². The third-order valence-corrected chi connectivity index (χ3v) is 3.62. The SMILES string of the molecule is CCC(=N)C(C(=O)N(CCN(C)C)c1ccccc1OC)=C(C)O. The van der Waals surface area contributed by atoms with E-state index in [1.807, 2.05) is 31.1 Å². The van der Waals surface area contributed by atoms with E-state index in [1.165, 1.54) is 6.92 Å². The lowest BCUT2D eigenvalue weighted by Gasteiger charge is -2.27. The number of carbonyl (C=O) groups excluding carboxylic acids is 1. The molecule has 0 saturated heterocycles. The van der Waals surface area contributed by atoms with Crippen LogP contribution in [0.3, 0.4) is 0 Å². The predicted molar refractivity (Wildman–Crippen MR) is 97.2 cm³/mol. The number of allylic oxidation sites excluding steroid dienone is 1. The van der Waals surface area contributed by atoms with Gasteiger partial charge in [-0.15, -0.1) is 0 Å². The molecule has 0 aromatic heterocycles. The summed E-state index contributed by atoms with van der Waals surface area (Å²) in [6, 6.07) is 7.24. The second-order valence-electron chi connectivity index (χ2n) is 5.72. The van der Waals surface area contributed by atoms with Gasteiger partial charge in [0.1, 0.15) is 11.5 Å². The molecule has 0 spiro atoms. The van der Waals surface area contributed by atoms with Crippen molar-refractivity contribution >= 4 is 17.3 Å². The van der Waals surface area contributed by atoms with Crippen LogP contribution in [0.15, 0.2) is 35.6 Å². The molecule has 6 heteroatoms. The Labute approximate surface area is 143 Å². The zero-order chi connectivity index (χ0) is 18.3. The summed E-state index contributed by atoms with van der Waals surface area (Å²) in [6.45, 7) is 4.27. The van der Waals surface area contributed by atoms with Gasteiger partial charge in [-0.2, -0.15) is 0 Å². The smallest absolute Gasteiger partial charge is 0.263 e. The first-order chi connectivity index (χ1) is 11.3. The van der Waals surface area contributed by atoms with Crippen LogP contribution in [0, 0.1) is 5.41 Å². The van der Waals surface area contributed by atoms with Crippen LogP contribution in [0.4, 0.5) is 5.69 Å². The molecule has 0 heterocycles. The minimum Gasteiger partial charge on any atom is -0.512 e. The molecule has 1 aromatic rings. The number of hydrogen-bond acceptors (Lipinski definition) is 5. The number of nitrogens with one attached hydrogen (secondary N) is 1. The summed E-state index contributed by atoms with van der Waals surface area (Å²) in [5.41, 5.74) is 0.779. The van der Waals surface area contributed by atoms with E-state index in [1.54, 1.807) is 31.1 Å². The Morgan fingerprint density at radius 2 is 1.88 bits per heavy atom. The Morgan fingerprint density at radius 1 is 1.25 bits per heavy atom. The number of ether oxygens (including phenoxy) is 1. The van der Waals surface area contributed by atoms with E-state index < -0.39 is 5.91 Å². The number of nitrogens with zero attached hydrogens (tertiary/aromatic N) is 2. The maximum atomic E-state index is 13.1. The van der Waals surface area contributed by atoms with Gasteiger partial charge < -0.3 is 25.1 Å². The summed E-state index contributed by atoms with van der Waals surface area (Å²) in [4.78, 5) is 16.6. The molecular weight excluding hydrogens is 306 g/mol. The zero-order valence-corrected chi connectivity index (χ0v) is 15.1. The number of likely N-dealkylation sites (N-methyl/N-ethyl adjacent to an activating group) is 1. The number of methoxy groups -OCH3 is 1. The molecular formula is C18H27N3O3. The highest BCUT2D eigenvalue weighted by Crippen LogP contribution is 2.29. The molecule has 0 atom stereocenters. The van der Waals surface area contributed by atoms with Gasteiger partial charge in [0.15, 0.2) is 0 Å². The molecule has 1 rings (SSSR count). The van der Waals surface area contributed by atoms with E-state index in [4.69, 9.17) is 10.1 Å². The first-order valence-corrected chi connectivity index (χ1v) is 7.90. The third-order valence-electron chi connectivity index (χ3n) is 3.62. The number of aliphatic hydroxyl groups is 1. The van der Waals surface area contributed by atoms with Crippen molar-refractivity contribution in [3.8, 4) is 5.75 Å². The lowest BCUT2D eigenvalue weighted by atomic mass is 10.0. The molecule has 0 aliphatic carbocycles. The summed E-state index contributed by atoms with van der Waals surface area (Å²) in [5, 5.41) is 18.0. The molecule has 0 bridgehead atoms. The topological polar surface area (TPSA) is 76.9 Å². The standard InChI is InChI=1S/C18H27N3O3/c1-6-14(19)17(13(2)22)18(23)21(12-11-20(3)4)15-9-7-8-10-16(15)24-5/h7-10,19,22H,6,11-12H2,1-5H3. The quantitative estimate of drug-likeness (QED) is 0.436. The van der Waals surface area contributed by atoms with Gasteiger partial charge in [0.05, 0.1) is 18.4 Å². The highest BCUT2D eigenvalue weighted by atomic mass is 16.5. The largest absolute Gasteiger partial charge is 0.512 e. The number of amides is 1. The highest BCUT2D eigenvalue weighted by Gasteiger charge is 2.26. The molecule has 0 fully saturated rings. The van der Waals surface area contributed by atoms with Crippen LogP contribution in [-0.4, -0.2) is 55.9 Å². The molecule has 0 aliphatic heterocycles. The van der Waals surface area contributed by atoms with Gasteiger partial charge in [-0.25, -0.2) is 0 Å². The van der Waals surface area contributed by atoms with Crippen LogP contribution >= 0.6 is 0 Å². The number of hydrogen-bond donors (Lipinski definition) is 2. The number of rotatable bonds is 8. The van der Waals surface area contributed by atoms with Crippen molar-refractivity contribution in [2.75, 3.05) is 39.2 Å². The monoisotopic (exact) mass is 333 g/mol. The van der Waals surface area contributed by atoms with Gasteiger partial charge >= 0.3 is 0 Å². The maximum Gasteiger partial charge on any atom is 0.263 e. The van der Waals surface area contributed by atoms with Crippen molar-refractivity contribution in [2.45, 2.75) is 20.3 Å². The fourth-order valence-corrected chi connectivity index (χ4v) is 2.30. The molecule has 24 heavy (non-hydrogen) atoms. The average molecular weight is 333 g/mol. The van der Waals surface area contributed by atoms with Crippen molar-refractivity contribution < 1.29 is 14.6 Å². The predicted octanol–water partition coefficient (Wildman–Crippen LogP) is 2.85. The zero-order valence-electron chi connectivity index (χ0n) is 15.1. The highest BCUT2D eigenvalue weighted by molar-refractivity contribution is 6.25. The Balaban J connectivity index is 3.34. The van der Waals surface area contributed by atoms with Crippen LogP contribution < -0.4 is 9.64 Å². The van der Waals surface area contributed by atoms with Crippen LogP contribution in [0.1, 0.15) is 20.3 Å². The second kappa shape index (κ2) is 9.08.